The first-order valence-electron chi connectivity index (χ1n) is 10.6. The van der Waals surface area contributed by atoms with Crippen molar-refractivity contribution in [1.82, 2.24) is 20.4 Å². The van der Waals surface area contributed by atoms with E-state index in [-0.39, 0.29) is 29.8 Å². The molecule has 2 saturated carbocycles. The Morgan fingerprint density at radius 1 is 0.741 bits per heavy atom. The number of amides is 4. The molecular weight excluding hydrogens is 344 g/mol. The van der Waals surface area contributed by atoms with Gasteiger partial charge in [-0.1, -0.05) is 19.3 Å². The molecule has 3 rings (SSSR count). The Hall–Kier alpha value is -1.79. The summed E-state index contributed by atoms with van der Waals surface area (Å²) in [6, 6.07) is 0.128. The minimum absolute atomic E-state index is 0.0249. The van der Waals surface area contributed by atoms with Crippen molar-refractivity contribution in [2.75, 3.05) is 33.2 Å². The Balaban J connectivity index is 1.38. The molecule has 0 aromatic carbocycles. The van der Waals surface area contributed by atoms with Crippen molar-refractivity contribution in [3.63, 3.8) is 0 Å². The Morgan fingerprint density at radius 2 is 1.33 bits per heavy atom. The monoisotopic (exact) mass is 378 g/mol. The molecule has 0 unspecified atom stereocenters. The molecule has 3 fully saturated rings. The van der Waals surface area contributed by atoms with Crippen molar-refractivity contribution in [2.24, 2.45) is 11.8 Å². The maximum atomic E-state index is 12.6. The van der Waals surface area contributed by atoms with Gasteiger partial charge in [-0.25, -0.2) is 4.79 Å². The van der Waals surface area contributed by atoms with Crippen LogP contribution in [0.3, 0.4) is 0 Å². The quantitative estimate of drug-likeness (QED) is 0.785. The zero-order valence-electron chi connectivity index (χ0n) is 16.5. The van der Waals surface area contributed by atoms with E-state index in [9.17, 15) is 14.4 Å². The van der Waals surface area contributed by atoms with Gasteiger partial charge in [-0.3, -0.25) is 9.59 Å². The molecule has 7 nitrogen and oxygen atoms in total. The molecule has 0 bridgehead atoms. The first-order chi connectivity index (χ1) is 13.1. The average Bonchev–Trinajstić information content (AvgIpc) is 2.74. The minimum Gasteiger partial charge on any atom is -0.359 e. The van der Waals surface area contributed by atoms with Gasteiger partial charge in [-0.2, -0.15) is 0 Å². The van der Waals surface area contributed by atoms with Gasteiger partial charge in [0.05, 0.1) is 0 Å². The summed E-state index contributed by atoms with van der Waals surface area (Å²) in [6.07, 6.45) is 9.00. The number of hydrogen-bond acceptors (Lipinski definition) is 3. The molecule has 152 valence electrons. The van der Waals surface area contributed by atoms with Crippen molar-refractivity contribution < 1.29 is 14.4 Å². The second kappa shape index (κ2) is 9.42. The first-order valence-corrected chi connectivity index (χ1v) is 10.6. The minimum atomic E-state index is -0.0249. The summed E-state index contributed by atoms with van der Waals surface area (Å²) in [7, 11) is 1.68. The molecule has 0 atom stereocenters. The molecule has 4 amide bonds. The van der Waals surface area contributed by atoms with E-state index in [0.717, 1.165) is 38.5 Å². The standard InChI is InChI=1S/C20H34N4O3/c1-21-18(25)15-7-9-17(10-8-15)22-20(27)24-13-11-23(12-14-24)19(26)16-5-3-2-4-6-16/h15-17H,2-14H2,1H3,(H,21,25)(H,22,27). The number of hydrogen-bond donors (Lipinski definition) is 2. The summed E-state index contributed by atoms with van der Waals surface area (Å²) < 4.78 is 0. The lowest BCUT2D eigenvalue weighted by molar-refractivity contribution is -0.138. The fourth-order valence-electron chi connectivity index (χ4n) is 4.71. The maximum absolute atomic E-state index is 12.6. The van der Waals surface area contributed by atoms with Crippen molar-refractivity contribution in [3.05, 3.63) is 0 Å². The van der Waals surface area contributed by atoms with E-state index in [0.29, 0.717) is 32.1 Å². The van der Waals surface area contributed by atoms with Gasteiger partial charge in [-0.05, 0) is 38.5 Å². The molecule has 1 heterocycles. The molecule has 0 aromatic heterocycles. The molecule has 27 heavy (non-hydrogen) atoms. The van der Waals surface area contributed by atoms with Crippen LogP contribution in [0.15, 0.2) is 0 Å². The number of piperazine rings is 1. The summed E-state index contributed by atoms with van der Waals surface area (Å²) in [6.45, 7) is 2.51. The fourth-order valence-corrected chi connectivity index (χ4v) is 4.71. The van der Waals surface area contributed by atoms with Crippen LogP contribution in [0.25, 0.3) is 0 Å². The molecular formula is C20H34N4O3. The van der Waals surface area contributed by atoms with E-state index in [4.69, 9.17) is 0 Å². The van der Waals surface area contributed by atoms with Gasteiger partial charge in [0, 0.05) is 51.1 Å². The van der Waals surface area contributed by atoms with Crippen LogP contribution in [-0.4, -0.2) is 66.9 Å². The van der Waals surface area contributed by atoms with Crippen molar-refractivity contribution in [1.29, 1.82) is 0 Å². The number of carbonyl (C=O) groups is 3. The molecule has 0 aromatic rings. The average molecular weight is 379 g/mol. The third-order valence-corrected chi connectivity index (χ3v) is 6.50. The number of rotatable bonds is 3. The largest absolute Gasteiger partial charge is 0.359 e. The van der Waals surface area contributed by atoms with Crippen LogP contribution < -0.4 is 10.6 Å². The second-order valence-electron chi connectivity index (χ2n) is 8.26. The smallest absolute Gasteiger partial charge is 0.317 e. The zero-order valence-corrected chi connectivity index (χ0v) is 16.5. The maximum Gasteiger partial charge on any atom is 0.317 e. The number of nitrogens with zero attached hydrogens (tertiary/aromatic N) is 2. The van der Waals surface area contributed by atoms with Crippen LogP contribution in [0, 0.1) is 11.8 Å². The molecule has 0 radical (unpaired) electrons. The Bertz CT molecular complexity index is 531. The lowest BCUT2D eigenvalue weighted by Gasteiger charge is -2.38. The third kappa shape index (κ3) is 5.14. The summed E-state index contributed by atoms with van der Waals surface area (Å²) >= 11 is 0. The highest BCUT2D eigenvalue weighted by Crippen LogP contribution is 2.26. The highest BCUT2D eigenvalue weighted by molar-refractivity contribution is 5.80. The molecule has 2 N–H and O–H groups in total. The summed E-state index contributed by atoms with van der Waals surface area (Å²) in [5.41, 5.74) is 0. The summed E-state index contributed by atoms with van der Waals surface area (Å²) in [4.78, 5) is 40.7. The number of nitrogens with one attached hydrogen (secondary N) is 2. The van der Waals surface area contributed by atoms with Gasteiger partial charge >= 0.3 is 6.03 Å². The number of carbonyl (C=O) groups excluding carboxylic acids is 3. The van der Waals surface area contributed by atoms with Gasteiger partial charge in [0.1, 0.15) is 0 Å². The van der Waals surface area contributed by atoms with Crippen molar-refractivity contribution in [2.45, 2.75) is 63.8 Å². The predicted octanol–water partition coefficient (Wildman–Crippen LogP) is 1.73. The molecule has 1 saturated heterocycles. The molecule has 2 aliphatic carbocycles. The van der Waals surface area contributed by atoms with E-state index in [1.165, 1.54) is 19.3 Å². The van der Waals surface area contributed by atoms with Gasteiger partial charge in [0.25, 0.3) is 0 Å². The van der Waals surface area contributed by atoms with E-state index in [1.807, 2.05) is 9.80 Å². The molecule has 1 aliphatic heterocycles. The van der Waals surface area contributed by atoms with Gasteiger partial charge in [0.2, 0.25) is 11.8 Å². The van der Waals surface area contributed by atoms with Crippen LogP contribution in [0.2, 0.25) is 0 Å². The fraction of sp³-hybridized carbons (Fsp3) is 0.850. The second-order valence-corrected chi connectivity index (χ2v) is 8.26. The van der Waals surface area contributed by atoms with Gasteiger partial charge in [0.15, 0.2) is 0 Å². The lowest BCUT2D eigenvalue weighted by atomic mass is 9.85. The van der Waals surface area contributed by atoms with Gasteiger partial charge in [-0.15, -0.1) is 0 Å². The Morgan fingerprint density at radius 3 is 1.93 bits per heavy atom. The lowest BCUT2D eigenvalue weighted by Crippen LogP contribution is -2.55. The van der Waals surface area contributed by atoms with Crippen molar-refractivity contribution in [3.8, 4) is 0 Å². The van der Waals surface area contributed by atoms with Crippen LogP contribution >= 0.6 is 0 Å². The highest BCUT2D eigenvalue weighted by Gasteiger charge is 2.31. The molecule has 3 aliphatic rings. The zero-order chi connectivity index (χ0) is 19.2. The molecule has 7 heteroatoms. The van der Waals surface area contributed by atoms with E-state index in [2.05, 4.69) is 10.6 Å². The van der Waals surface area contributed by atoms with Crippen molar-refractivity contribution >= 4 is 17.8 Å². The molecule has 0 spiro atoms. The van der Waals surface area contributed by atoms with Crippen LogP contribution in [-0.2, 0) is 9.59 Å². The van der Waals surface area contributed by atoms with E-state index in [1.54, 1.807) is 7.05 Å². The number of urea groups is 1. The summed E-state index contributed by atoms with van der Waals surface area (Å²) in [5, 5.41) is 5.84. The van der Waals surface area contributed by atoms with Crippen LogP contribution in [0.5, 0.6) is 0 Å². The summed E-state index contributed by atoms with van der Waals surface area (Å²) in [5.74, 6) is 0.688. The highest BCUT2D eigenvalue weighted by atomic mass is 16.2. The third-order valence-electron chi connectivity index (χ3n) is 6.50. The van der Waals surface area contributed by atoms with E-state index < -0.39 is 0 Å². The van der Waals surface area contributed by atoms with Gasteiger partial charge < -0.3 is 20.4 Å². The Labute approximate surface area is 162 Å². The van der Waals surface area contributed by atoms with Crippen LogP contribution in [0.1, 0.15) is 57.8 Å². The topological polar surface area (TPSA) is 81.8 Å². The normalized spacial score (nSPS) is 27.1. The predicted molar refractivity (Wildman–Crippen MR) is 103 cm³/mol. The SMILES string of the molecule is CNC(=O)C1CCC(NC(=O)N2CCN(C(=O)C3CCCCC3)CC2)CC1. The van der Waals surface area contributed by atoms with E-state index >= 15 is 0 Å². The first kappa shape index (κ1) is 20.0. The Kier molecular flexibility index (Phi) is 6.96. The van der Waals surface area contributed by atoms with Crippen LogP contribution in [0.4, 0.5) is 4.79 Å².